The second-order valence-corrected chi connectivity index (χ2v) is 5.90. The van der Waals surface area contributed by atoms with Gasteiger partial charge in [0.15, 0.2) is 0 Å². The van der Waals surface area contributed by atoms with E-state index in [0.29, 0.717) is 37.2 Å². The van der Waals surface area contributed by atoms with Gasteiger partial charge in [-0.1, -0.05) is 19.9 Å². The lowest BCUT2D eigenvalue weighted by molar-refractivity contribution is -0.142. The van der Waals surface area contributed by atoms with E-state index in [2.05, 4.69) is 15.5 Å². The van der Waals surface area contributed by atoms with Gasteiger partial charge in [0.25, 0.3) is 0 Å². The number of nitrogens with one attached hydrogen (secondary N) is 1. The molecule has 1 aromatic rings. The summed E-state index contributed by atoms with van der Waals surface area (Å²) < 4.78 is 5.17. The molecule has 1 aromatic heterocycles. The molecule has 0 aliphatic heterocycles. The average Bonchev–Trinajstić information content (AvgIpc) is 2.58. The Kier molecular flexibility index (Phi) is 11.7. The lowest BCUT2D eigenvalue weighted by Gasteiger charge is -2.14. The monoisotopic (exact) mass is 354 g/mol. The highest BCUT2D eigenvalue weighted by Gasteiger charge is 2.20. The number of pyridine rings is 1. The zero-order chi connectivity index (χ0) is 19.2. The number of aliphatic carboxylic acids is 1. The predicted octanol–water partition coefficient (Wildman–Crippen LogP) is 0.586. The van der Waals surface area contributed by atoms with E-state index in [1.807, 2.05) is 32.9 Å². The van der Waals surface area contributed by atoms with Crippen LogP contribution in [0.3, 0.4) is 0 Å². The first kappa shape index (κ1) is 22.6. The molecule has 9 nitrogen and oxygen atoms in total. The molecule has 1 unspecified atom stereocenters. The van der Waals surface area contributed by atoms with Crippen molar-refractivity contribution < 1.29 is 14.6 Å². The minimum absolute atomic E-state index is 0.237. The number of rotatable bonds is 8. The van der Waals surface area contributed by atoms with Crippen LogP contribution in [0, 0.1) is 18.8 Å². The van der Waals surface area contributed by atoms with Gasteiger partial charge in [0.2, 0.25) is 5.88 Å². The van der Waals surface area contributed by atoms with Gasteiger partial charge in [-0.2, -0.15) is 5.10 Å². The summed E-state index contributed by atoms with van der Waals surface area (Å²) in [7, 11) is 0. The molecule has 0 radical (unpaired) electrons. The highest BCUT2D eigenvalue weighted by molar-refractivity contribution is 5.85. The van der Waals surface area contributed by atoms with Crippen molar-refractivity contribution >= 4 is 11.8 Å². The minimum atomic E-state index is -0.852. The van der Waals surface area contributed by atoms with Crippen LogP contribution in [0.4, 0.5) is 0 Å². The third-order valence-corrected chi connectivity index (χ3v) is 3.12. The maximum atomic E-state index is 10.8. The molecule has 0 aromatic carbocycles. The van der Waals surface area contributed by atoms with Gasteiger partial charge >= 0.3 is 5.97 Å². The van der Waals surface area contributed by atoms with Crippen LogP contribution < -0.4 is 27.6 Å². The molecular weight excluding hydrogens is 324 g/mol. The van der Waals surface area contributed by atoms with Gasteiger partial charge in [-0.15, -0.1) is 0 Å². The Bertz CT molecular complexity index is 519. The minimum Gasteiger partial charge on any atom is -0.481 e. The van der Waals surface area contributed by atoms with Crippen LogP contribution in [0.1, 0.15) is 32.3 Å². The van der Waals surface area contributed by atoms with Crippen LogP contribution >= 0.6 is 0 Å². The Balaban J connectivity index is 0.000000472. The number of aromatic nitrogens is 1. The second kappa shape index (κ2) is 13.0. The molecule has 25 heavy (non-hydrogen) atoms. The van der Waals surface area contributed by atoms with Gasteiger partial charge in [-0.3, -0.25) is 4.79 Å². The van der Waals surface area contributed by atoms with E-state index in [9.17, 15) is 4.79 Å². The lowest BCUT2D eigenvalue weighted by Crippen LogP contribution is -2.34. The highest BCUT2D eigenvalue weighted by atomic mass is 16.5. The van der Waals surface area contributed by atoms with Crippen molar-refractivity contribution in [1.29, 1.82) is 0 Å². The van der Waals surface area contributed by atoms with Gasteiger partial charge in [0, 0.05) is 25.2 Å². The van der Waals surface area contributed by atoms with Crippen LogP contribution in [0.2, 0.25) is 0 Å². The summed E-state index contributed by atoms with van der Waals surface area (Å²) in [6.07, 6.45) is 2.59. The van der Waals surface area contributed by atoms with E-state index < -0.39 is 11.9 Å². The summed E-state index contributed by atoms with van der Waals surface area (Å²) in [6, 6.07) is 3.80. The molecule has 0 aliphatic rings. The fraction of sp³-hybridized carbons (Fsp3) is 0.562. The highest BCUT2D eigenvalue weighted by Crippen LogP contribution is 2.15. The van der Waals surface area contributed by atoms with Gasteiger partial charge in [-0.05, 0) is 24.8 Å². The molecule has 0 fully saturated rings. The number of hydrogen-bond donors (Lipinski definition) is 5. The Morgan fingerprint density at radius 3 is 2.52 bits per heavy atom. The molecule has 8 N–H and O–H groups in total. The van der Waals surface area contributed by atoms with Crippen LogP contribution in [0.25, 0.3) is 0 Å². The third kappa shape index (κ3) is 10.9. The Morgan fingerprint density at radius 1 is 1.44 bits per heavy atom. The number of carboxylic acid groups (broad SMARTS) is 1. The summed E-state index contributed by atoms with van der Waals surface area (Å²) in [5, 5.41) is 12.3. The van der Waals surface area contributed by atoms with E-state index in [0.717, 1.165) is 5.56 Å². The maximum Gasteiger partial charge on any atom is 0.306 e. The Morgan fingerprint density at radius 2 is 2.12 bits per heavy atom. The molecular formula is C16H30N6O3. The summed E-state index contributed by atoms with van der Waals surface area (Å²) in [6.45, 7) is 6.96. The Labute approximate surface area is 148 Å². The molecule has 0 aliphatic carbocycles. The van der Waals surface area contributed by atoms with Crippen molar-refractivity contribution in [3.8, 4) is 5.88 Å². The van der Waals surface area contributed by atoms with Crippen LogP contribution in [0.15, 0.2) is 23.4 Å². The molecule has 0 saturated heterocycles. The zero-order valence-electron chi connectivity index (χ0n) is 15.1. The number of hydrazine groups is 1. The van der Waals surface area contributed by atoms with Gasteiger partial charge in [0.05, 0.1) is 5.92 Å². The number of amidine groups is 1. The average molecular weight is 354 g/mol. The van der Waals surface area contributed by atoms with Crippen molar-refractivity contribution in [3.63, 3.8) is 0 Å². The SMILES string of the molecule is CC(C)CC(C/C(=N/N)NN)C(=O)O.Cc1ccc(OCCN)nc1. The zero-order valence-corrected chi connectivity index (χ0v) is 15.1. The van der Waals surface area contributed by atoms with Crippen molar-refractivity contribution in [3.05, 3.63) is 23.9 Å². The molecule has 0 bridgehead atoms. The van der Waals surface area contributed by atoms with Crippen LogP contribution in [-0.4, -0.2) is 35.0 Å². The van der Waals surface area contributed by atoms with Gasteiger partial charge < -0.3 is 26.8 Å². The Hall–Kier alpha value is -2.39. The first-order valence-electron chi connectivity index (χ1n) is 8.05. The molecule has 142 valence electrons. The van der Waals surface area contributed by atoms with E-state index >= 15 is 0 Å². The summed E-state index contributed by atoms with van der Waals surface area (Å²) >= 11 is 0. The first-order chi connectivity index (χ1) is 11.8. The molecule has 1 rings (SSSR count). The number of hydrogen-bond acceptors (Lipinski definition) is 7. The smallest absolute Gasteiger partial charge is 0.306 e. The number of carbonyl (C=O) groups is 1. The first-order valence-corrected chi connectivity index (χ1v) is 8.05. The maximum absolute atomic E-state index is 10.8. The molecule has 0 spiro atoms. The standard InChI is InChI=1S/C8H18N4O2.C8H12N2O/c1-5(2)3-6(8(13)14)4-7(11-9)12-10;1-7-2-3-8(10-6-7)11-5-4-9/h5-6H,3-4,9-10H2,1-2H3,(H,11,12)(H,13,14);2-3,6H,4-5,9H2,1H3. The quantitative estimate of drug-likeness (QED) is 0.196. The van der Waals surface area contributed by atoms with Crippen molar-refractivity contribution in [2.75, 3.05) is 13.2 Å². The third-order valence-electron chi connectivity index (χ3n) is 3.12. The number of nitrogens with zero attached hydrogens (tertiary/aromatic N) is 2. The lowest BCUT2D eigenvalue weighted by atomic mass is 9.94. The molecule has 0 amide bonds. The van der Waals surface area contributed by atoms with Crippen LogP contribution in [-0.2, 0) is 4.79 Å². The summed E-state index contributed by atoms with van der Waals surface area (Å²) in [5.41, 5.74) is 8.66. The number of nitrogens with two attached hydrogens (primary N) is 3. The summed E-state index contributed by atoms with van der Waals surface area (Å²) in [5.74, 6) is 10.0. The van der Waals surface area contributed by atoms with Crippen molar-refractivity contribution in [2.24, 2.45) is 34.4 Å². The van der Waals surface area contributed by atoms with E-state index in [4.69, 9.17) is 27.3 Å². The van der Waals surface area contributed by atoms with Crippen molar-refractivity contribution in [2.45, 2.75) is 33.6 Å². The normalized spacial score (nSPS) is 12.2. The number of carboxylic acids is 1. The van der Waals surface area contributed by atoms with Gasteiger partial charge in [-0.25, -0.2) is 10.8 Å². The van der Waals surface area contributed by atoms with Gasteiger partial charge in [0.1, 0.15) is 12.4 Å². The van der Waals surface area contributed by atoms with E-state index in [1.165, 1.54) is 0 Å². The molecule has 1 atom stereocenters. The topological polar surface area (TPSA) is 162 Å². The molecule has 9 heteroatoms. The number of ether oxygens (including phenoxy) is 1. The van der Waals surface area contributed by atoms with Crippen LogP contribution in [0.5, 0.6) is 5.88 Å². The number of hydrazone groups is 1. The summed E-state index contributed by atoms with van der Waals surface area (Å²) in [4.78, 5) is 14.9. The second-order valence-electron chi connectivity index (χ2n) is 5.90. The van der Waals surface area contributed by atoms with E-state index in [-0.39, 0.29) is 6.42 Å². The largest absolute Gasteiger partial charge is 0.481 e. The number of aryl methyl sites for hydroxylation is 1. The predicted molar refractivity (Wildman–Crippen MR) is 97.7 cm³/mol. The van der Waals surface area contributed by atoms with E-state index in [1.54, 1.807) is 6.20 Å². The molecule has 0 saturated carbocycles. The van der Waals surface area contributed by atoms with Crippen molar-refractivity contribution in [1.82, 2.24) is 10.4 Å². The molecule has 1 heterocycles. The fourth-order valence-corrected chi connectivity index (χ4v) is 1.93. The fourth-order valence-electron chi connectivity index (χ4n) is 1.93.